The van der Waals surface area contributed by atoms with Crippen LogP contribution in [-0.2, 0) is 4.79 Å². The van der Waals surface area contributed by atoms with E-state index in [4.69, 9.17) is 0 Å². The van der Waals surface area contributed by atoms with Gasteiger partial charge in [-0.15, -0.1) is 0 Å². The normalized spacial score (nSPS) is 43.5. The van der Waals surface area contributed by atoms with Gasteiger partial charge in [0.2, 0.25) is 0 Å². The van der Waals surface area contributed by atoms with Gasteiger partial charge in [-0.2, -0.15) is 0 Å². The highest BCUT2D eigenvalue weighted by Crippen LogP contribution is 2.64. The molecule has 1 N–H and O–H groups in total. The number of hydrogen-bond acceptors (Lipinski definition) is 1. The molecule has 120 valence electrons. The van der Waals surface area contributed by atoms with Crippen molar-refractivity contribution in [2.24, 2.45) is 22.7 Å². The number of aliphatic carboxylic acids is 1. The van der Waals surface area contributed by atoms with E-state index >= 15 is 0 Å². The molecule has 4 rings (SSSR count). The van der Waals surface area contributed by atoms with Crippen LogP contribution in [0.3, 0.4) is 0 Å². The summed E-state index contributed by atoms with van der Waals surface area (Å²) in [5.41, 5.74) is 3.38. The Morgan fingerprint density at radius 3 is 2.95 bits per heavy atom. The first-order chi connectivity index (χ1) is 10.6. The molecule has 0 aromatic heterocycles. The van der Waals surface area contributed by atoms with Gasteiger partial charge in [0.25, 0.3) is 0 Å². The highest BCUT2D eigenvalue weighted by molar-refractivity contribution is 5.70. The first-order valence-corrected chi connectivity index (χ1v) is 9.17. The Bertz CT molecular complexity index is 558. The van der Waals surface area contributed by atoms with E-state index in [1.54, 1.807) is 0 Å². The van der Waals surface area contributed by atoms with Crippen LogP contribution in [0.1, 0.15) is 71.1 Å². The van der Waals surface area contributed by atoms with E-state index in [1.807, 2.05) is 0 Å². The minimum Gasteiger partial charge on any atom is -0.481 e. The maximum atomic E-state index is 11.6. The SMILES string of the molecule is C[C@]12CC=C3[C@@H](CCC4=CCCC[C@@]43CC(=O)O)[C@@H]1CCC2. The summed E-state index contributed by atoms with van der Waals surface area (Å²) in [6.07, 6.45) is 16.2. The fourth-order valence-corrected chi connectivity index (χ4v) is 6.40. The number of carboxylic acids is 1. The zero-order chi connectivity index (χ0) is 15.4. The number of carboxylic acid groups (broad SMARTS) is 1. The Labute approximate surface area is 133 Å². The van der Waals surface area contributed by atoms with Gasteiger partial charge in [-0.05, 0) is 68.6 Å². The Hall–Kier alpha value is -1.05. The van der Waals surface area contributed by atoms with E-state index < -0.39 is 5.97 Å². The van der Waals surface area contributed by atoms with Crippen LogP contribution in [0.25, 0.3) is 0 Å². The lowest BCUT2D eigenvalue weighted by molar-refractivity contribution is -0.139. The molecule has 22 heavy (non-hydrogen) atoms. The molecule has 4 atom stereocenters. The number of allylic oxidation sites excluding steroid dienone is 4. The second-order valence-electron chi connectivity index (χ2n) is 8.44. The van der Waals surface area contributed by atoms with Gasteiger partial charge in [-0.1, -0.05) is 36.6 Å². The maximum absolute atomic E-state index is 11.6. The third-order valence-electron chi connectivity index (χ3n) is 7.38. The quantitative estimate of drug-likeness (QED) is 0.720. The molecule has 2 saturated carbocycles. The summed E-state index contributed by atoms with van der Waals surface area (Å²) in [7, 11) is 0. The third-order valence-corrected chi connectivity index (χ3v) is 7.38. The zero-order valence-electron chi connectivity index (χ0n) is 13.7. The molecule has 0 spiro atoms. The van der Waals surface area contributed by atoms with Gasteiger partial charge in [0, 0.05) is 5.41 Å². The molecule has 0 aliphatic heterocycles. The van der Waals surface area contributed by atoms with Crippen LogP contribution in [0, 0.1) is 22.7 Å². The fourth-order valence-electron chi connectivity index (χ4n) is 6.40. The molecule has 0 heterocycles. The standard InChI is InChI=1S/C20H28O2/c1-19-10-4-6-16(19)15-8-7-14-5-2-3-11-20(14,13-18(21)22)17(15)9-12-19/h5,9,15-16H,2-4,6-8,10-13H2,1H3,(H,21,22)/t15-,16-,19-,20+/m0/s1. The maximum Gasteiger partial charge on any atom is 0.304 e. The highest BCUT2D eigenvalue weighted by Gasteiger charge is 2.54. The molecule has 0 aromatic rings. The lowest BCUT2D eigenvalue weighted by atomic mass is 9.51. The molecule has 4 aliphatic rings. The molecule has 0 bridgehead atoms. The van der Waals surface area contributed by atoms with Crippen LogP contribution >= 0.6 is 0 Å². The Morgan fingerprint density at radius 2 is 2.14 bits per heavy atom. The van der Waals surface area contributed by atoms with Crippen LogP contribution in [0.2, 0.25) is 0 Å². The van der Waals surface area contributed by atoms with Gasteiger partial charge in [-0.25, -0.2) is 0 Å². The van der Waals surface area contributed by atoms with E-state index in [2.05, 4.69) is 19.1 Å². The second kappa shape index (κ2) is 4.97. The minimum absolute atomic E-state index is 0.114. The third kappa shape index (κ3) is 1.95. The number of carbonyl (C=O) groups is 1. The molecule has 0 amide bonds. The lowest BCUT2D eigenvalue weighted by Crippen LogP contribution is -2.44. The summed E-state index contributed by atoms with van der Waals surface area (Å²) in [6, 6.07) is 0. The molecule has 2 fully saturated rings. The van der Waals surface area contributed by atoms with Crippen LogP contribution in [0.5, 0.6) is 0 Å². The molecule has 2 nitrogen and oxygen atoms in total. The molecule has 0 radical (unpaired) electrons. The summed E-state index contributed by atoms with van der Waals surface area (Å²) in [4.78, 5) is 11.6. The smallest absolute Gasteiger partial charge is 0.304 e. The molecule has 4 aliphatic carbocycles. The average Bonchev–Trinajstić information content (AvgIpc) is 2.88. The monoisotopic (exact) mass is 300 g/mol. The minimum atomic E-state index is -0.617. The second-order valence-corrected chi connectivity index (χ2v) is 8.44. The topological polar surface area (TPSA) is 37.3 Å². The zero-order valence-corrected chi connectivity index (χ0v) is 13.7. The van der Waals surface area contributed by atoms with Crippen molar-refractivity contribution in [3.8, 4) is 0 Å². The van der Waals surface area contributed by atoms with Gasteiger partial charge >= 0.3 is 5.97 Å². The fraction of sp³-hybridized carbons (Fsp3) is 0.750. The predicted molar refractivity (Wildman–Crippen MR) is 87.5 cm³/mol. The molecule has 0 unspecified atom stereocenters. The van der Waals surface area contributed by atoms with Crippen molar-refractivity contribution in [2.45, 2.75) is 71.1 Å². The summed E-state index contributed by atoms with van der Waals surface area (Å²) >= 11 is 0. The van der Waals surface area contributed by atoms with E-state index in [9.17, 15) is 9.90 Å². The van der Waals surface area contributed by atoms with Gasteiger partial charge < -0.3 is 5.11 Å². The number of rotatable bonds is 2. The van der Waals surface area contributed by atoms with Crippen molar-refractivity contribution < 1.29 is 9.90 Å². The Morgan fingerprint density at radius 1 is 1.27 bits per heavy atom. The largest absolute Gasteiger partial charge is 0.481 e. The van der Waals surface area contributed by atoms with Crippen molar-refractivity contribution in [2.75, 3.05) is 0 Å². The van der Waals surface area contributed by atoms with Crippen LogP contribution in [-0.4, -0.2) is 11.1 Å². The first-order valence-electron chi connectivity index (χ1n) is 9.17. The molecule has 0 saturated heterocycles. The van der Waals surface area contributed by atoms with Crippen LogP contribution < -0.4 is 0 Å². The summed E-state index contributed by atoms with van der Waals surface area (Å²) in [5, 5.41) is 9.57. The van der Waals surface area contributed by atoms with Crippen molar-refractivity contribution in [3.63, 3.8) is 0 Å². The van der Waals surface area contributed by atoms with E-state index in [-0.39, 0.29) is 5.41 Å². The van der Waals surface area contributed by atoms with Gasteiger partial charge in [0.05, 0.1) is 6.42 Å². The first kappa shape index (κ1) is 14.5. The van der Waals surface area contributed by atoms with Crippen LogP contribution in [0.15, 0.2) is 23.3 Å². The molecule has 2 heteroatoms. The highest BCUT2D eigenvalue weighted by atomic mass is 16.4. The van der Waals surface area contributed by atoms with Crippen molar-refractivity contribution in [1.82, 2.24) is 0 Å². The van der Waals surface area contributed by atoms with Gasteiger partial charge in [0.15, 0.2) is 0 Å². The number of hydrogen-bond donors (Lipinski definition) is 1. The van der Waals surface area contributed by atoms with Crippen molar-refractivity contribution in [1.29, 1.82) is 0 Å². The number of fused-ring (bicyclic) bond motifs is 5. The van der Waals surface area contributed by atoms with Gasteiger partial charge in [-0.3, -0.25) is 4.79 Å². The van der Waals surface area contributed by atoms with Gasteiger partial charge in [0.1, 0.15) is 0 Å². The van der Waals surface area contributed by atoms with Crippen LogP contribution in [0.4, 0.5) is 0 Å². The van der Waals surface area contributed by atoms with E-state index in [1.165, 1.54) is 43.3 Å². The average molecular weight is 300 g/mol. The Balaban J connectivity index is 1.79. The van der Waals surface area contributed by atoms with E-state index in [0.29, 0.717) is 17.8 Å². The molecular formula is C20H28O2. The lowest BCUT2D eigenvalue weighted by Gasteiger charge is -2.53. The van der Waals surface area contributed by atoms with Crippen molar-refractivity contribution in [3.05, 3.63) is 23.3 Å². The Kier molecular flexibility index (Phi) is 3.29. The summed E-state index contributed by atoms with van der Waals surface area (Å²) in [6.45, 7) is 2.48. The van der Waals surface area contributed by atoms with Crippen molar-refractivity contribution >= 4 is 5.97 Å². The summed E-state index contributed by atoms with van der Waals surface area (Å²) < 4.78 is 0. The summed E-state index contributed by atoms with van der Waals surface area (Å²) in [5.74, 6) is 0.853. The molecular weight excluding hydrogens is 272 g/mol. The molecule has 0 aromatic carbocycles. The predicted octanol–water partition coefficient (Wildman–Crippen LogP) is 5.10. The van der Waals surface area contributed by atoms with E-state index in [0.717, 1.165) is 31.6 Å².